The highest BCUT2D eigenvalue weighted by molar-refractivity contribution is 5.41. The zero-order valence-corrected chi connectivity index (χ0v) is 7.99. The average Bonchev–Trinajstić information content (AvgIpc) is 2.65. The van der Waals surface area contributed by atoms with E-state index in [0.717, 1.165) is 5.69 Å². The molecule has 76 valence electrons. The SMILES string of the molecule is Cc1cnn(-c2cccc([N+](=O)[O-])c2)n1. The van der Waals surface area contributed by atoms with Gasteiger partial charge in [-0.25, -0.2) is 0 Å². The van der Waals surface area contributed by atoms with E-state index in [1.165, 1.54) is 16.9 Å². The van der Waals surface area contributed by atoms with Gasteiger partial charge in [-0.1, -0.05) is 6.07 Å². The molecule has 0 unspecified atom stereocenters. The van der Waals surface area contributed by atoms with Crippen LogP contribution < -0.4 is 0 Å². The molecule has 6 heteroatoms. The second kappa shape index (κ2) is 3.49. The summed E-state index contributed by atoms with van der Waals surface area (Å²) in [5, 5.41) is 18.6. The molecule has 2 rings (SSSR count). The van der Waals surface area contributed by atoms with Crippen LogP contribution in [0.5, 0.6) is 0 Å². The molecule has 1 heterocycles. The lowest BCUT2D eigenvalue weighted by molar-refractivity contribution is -0.384. The lowest BCUT2D eigenvalue weighted by Gasteiger charge is -1.98. The van der Waals surface area contributed by atoms with Crippen molar-refractivity contribution in [3.05, 3.63) is 46.3 Å². The van der Waals surface area contributed by atoms with Crippen molar-refractivity contribution in [2.24, 2.45) is 0 Å². The lowest BCUT2D eigenvalue weighted by Crippen LogP contribution is -1.99. The summed E-state index contributed by atoms with van der Waals surface area (Å²) in [4.78, 5) is 11.5. The number of non-ortho nitro benzene ring substituents is 1. The first-order chi connectivity index (χ1) is 7.16. The van der Waals surface area contributed by atoms with Crippen LogP contribution in [0.3, 0.4) is 0 Å². The molecule has 0 aliphatic heterocycles. The molecule has 0 bridgehead atoms. The third-order valence-electron chi connectivity index (χ3n) is 1.88. The Kier molecular flexibility index (Phi) is 2.17. The first kappa shape index (κ1) is 9.32. The molecule has 15 heavy (non-hydrogen) atoms. The number of benzene rings is 1. The molecule has 0 amide bonds. The Hall–Kier alpha value is -2.24. The summed E-state index contributed by atoms with van der Waals surface area (Å²) in [6.45, 7) is 1.81. The van der Waals surface area contributed by atoms with Crippen LogP contribution in [0.15, 0.2) is 30.5 Å². The van der Waals surface area contributed by atoms with Crippen LogP contribution in [0.25, 0.3) is 5.69 Å². The van der Waals surface area contributed by atoms with Crippen molar-refractivity contribution in [3.63, 3.8) is 0 Å². The molecule has 0 atom stereocenters. The third-order valence-corrected chi connectivity index (χ3v) is 1.88. The third kappa shape index (κ3) is 1.83. The minimum Gasteiger partial charge on any atom is -0.258 e. The predicted octanol–water partition coefficient (Wildman–Crippen LogP) is 1.48. The van der Waals surface area contributed by atoms with Crippen molar-refractivity contribution in [3.8, 4) is 5.69 Å². The summed E-state index contributed by atoms with van der Waals surface area (Å²) in [6.07, 6.45) is 1.60. The summed E-state index contributed by atoms with van der Waals surface area (Å²) >= 11 is 0. The fraction of sp³-hybridized carbons (Fsp3) is 0.111. The Balaban J connectivity index is 2.45. The summed E-state index contributed by atoms with van der Waals surface area (Å²) in [6, 6.07) is 6.18. The minimum absolute atomic E-state index is 0.0300. The number of rotatable bonds is 2. The van der Waals surface area contributed by atoms with E-state index in [9.17, 15) is 10.1 Å². The number of nitro benzene ring substituents is 1. The van der Waals surface area contributed by atoms with Crippen LogP contribution in [0.4, 0.5) is 5.69 Å². The van der Waals surface area contributed by atoms with Crippen LogP contribution >= 0.6 is 0 Å². The largest absolute Gasteiger partial charge is 0.271 e. The second-order valence-electron chi connectivity index (χ2n) is 3.05. The van der Waals surface area contributed by atoms with Gasteiger partial charge in [0.1, 0.15) is 0 Å². The molecular formula is C9H8N4O2. The Bertz CT molecular complexity index is 506. The van der Waals surface area contributed by atoms with Crippen LogP contribution in [-0.4, -0.2) is 19.9 Å². The number of nitrogens with zero attached hydrogens (tertiary/aromatic N) is 4. The number of hydrogen-bond donors (Lipinski definition) is 0. The quantitative estimate of drug-likeness (QED) is 0.548. The van der Waals surface area contributed by atoms with E-state index in [1.807, 2.05) is 0 Å². The molecule has 0 spiro atoms. The molecule has 6 nitrogen and oxygen atoms in total. The Morgan fingerprint density at radius 2 is 2.27 bits per heavy atom. The van der Waals surface area contributed by atoms with E-state index in [4.69, 9.17) is 0 Å². The maximum absolute atomic E-state index is 10.5. The Morgan fingerprint density at radius 3 is 2.87 bits per heavy atom. The van der Waals surface area contributed by atoms with Gasteiger partial charge in [-0.15, -0.1) is 0 Å². The van der Waals surface area contributed by atoms with Crippen molar-refractivity contribution < 1.29 is 4.92 Å². The van der Waals surface area contributed by atoms with Gasteiger partial charge in [-0.2, -0.15) is 15.0 Å². The molecule has 0 radical (unpaired) electrons. The number of hydrogen-bond acceptors (Lipinski definition) is 4. The highest BCUT2D eigenvalue weighted by Gasteiger charge is 2.07. The summed E-state index contributed by atoms with van der Waals surface area (Å²) in [5.74, 6) is 0. The van der Waals surface area contributed by atoms with E-state index in [0.29, 0.717) is 5.69 Å². The van der Waals surface area contributed by atoms with Crippen molar-refractivity contribution in [2.45, 2.75) is 6.92 Å². The van der Waals surface area contributed by atoms with E-state index in [1.54, 1.807) is 25.3 Å². The number of nitro groups is 1. The molecular weight excluding hydrogens is 196 g/mol. The zero-order chi connectivity index (χ0) is 10.8. The van der Waals surface area contributed by atoms with Gasteiger partial charge < -0.3 is 0 Å². The van der Waals surface area contributed by atoms with Crippen molar-refractivity contribution >= 4 is 5.69 Å². The highest BCUT2D eigenvalue weighted by atomic mass is 16.6. The van der Waals surface area contributed by atoms with Crippen LogP contribution in [0, 0.1) is 17.0 Å². The van der Waals surface area contributed by atoms with E-state index in [2.05, 4.69) is 10.2 Å². The summed E-state index contributed by atoms with van der Waals surface area (Å²) < 4.78 is 0. The molecule has 0 aliphatic rings. The Morgan fingerprint density at radius 1 is 1.47 bits per heavy atom. The van der Waals surface area contributed by atoms with Gasteiger partial charge in [0.25, 0.3) is 5.69 Å². The molecule has 0 saturated carbocycles. The standard InChI is InChI=1S/C9H8N4O2/c1-7-6-10-12(11-7)8-3-2-4-9(5-8)13(14)15/h2-6H,1H3. The fourth-order valence-corrected chi connectivity index (χ4v) is 1.19. The van der Waals surface area contributed by atoms with Gasteiger partial charge in [0.2, 0.25) is 0 Å². The van der Waals surface area contributed by atoms with Crippen molar-refractivity contribution in [2.75, 3.05) is 0 Å². The smallest absolute Gasteiger partial charge is 0.258 e. The molecule has 1 aromatic carbocycles. The Labute approximate surface area is 85.3 Å². The van der Waals surface area contributed by atoms with Gasteiger partial charge in [0.05, 0.1) is 22.5 Å². The zero-order valence-electron chi connectivity index (χ0n) is 7.99. The van der Waals surface area contributed by atoms with Crippen molar-refractivity contribution in [1.82, 2.24) is 15.0 Å². The molecule has 0 aliphatic carbocycles. The second-order valence-corrected chi connectivity index (χ2v) is 3.05. The van der Waals surface area contributed by atoms with Gasteiger partial charge in [-0.3, -0.25) is 10.1 Å². The van der Waals surface area contributed by atoms with Crippen LogP contribution in [0.1, 0.15) is 5.69 Å². The molecule has 0 saturated heterocycles. The maximum atomic E-state index is 10.5. The molecule has 0 fully saturated rings. The van der Waals surface area contributed by atoms with Crippen molar-refractivity contribution in [1.29, 1.82) is 0 Å². The summed E-state index contributed by atoms with van der Waals surface area (Å²) in [5.41, 5.74) is 1.38. The first-order valence-electron chi connectivity index (χ1n) is 4.30. The average molecular weight is 204 g/mol. The molecule has 0 N–H and O–H groups in total. The number of aryl methyl sites for hydroxylation is 1. The van der Waals surface area contributed by atoms with Crippen LogP contribution in [0.2, 0.25) is 0 Å². The minimum atomic E-state index is -0.445. The molecule has 1 aromatic heterocycles. The normalized spacial score (nSPS) is 10.2. The number of aromatic nitrogens is 3. The predicted molar refractivity (Wildman–Crippen MR) is 52.8 cm³/mol. The van der Waals surface area contributed by atoms with Crippen LogP contribution in [-0.2, 0) is 0 Å². The fourth-order valence-electron chi connectivity index (χ4n) is 1.19. The van der Waals surface area contributed by atoms with Gasteiger partial charge in [0, 0.05) is 12.1 Å². The highest BCUT2D eigenvalue weighted by Crippen LogP contribution is 2.15. The van der Waals surface area contributed by atoms with Gasteiger partial charge in [0.15, 0.2) is 0 Å². The maximum Gasteiger partial charge on any atom is 0.271 e. The van der Waals surface area contributed by atoms with E-state index >= 15 is 0 Å². The van der Waals surface area contributed by atoms with Gasteiger partial charge in [-0.05, 0) is 13.0 Å². The summed E-state index contributed by atoms with van der Waals surface area (Å²) in [7, 11) is 0. The topological polar surface area (TPSA) is 73.8 Å². The lowest BCUT2D eigenvalue weighted by atomic mass is 10.3. The monoisotopic (exact) mass is 204 g/mol. The van der Waals surface area contributed by atoms with E-state index < -0.39 is 4.92 Å². The van der Waals surface area contributed by atoms with E-state index in [-0.39, 0.29) is 5.69 Å². The first-order valence-corrected chi connectivity index (χ1v) is 4.30. The molecule has 2 aromatic rings. The van der Waals surface area contributed by atoms with Gasteiger partial charge >= 0.3 is 0 Å².